The van der Waals surface area contributed by atoms with Crippen LogP contribution >= 0.6 is 23.2 Å². The largest absolute Gasteiger partial charge is 0.444 e. The fourth-order valence-corrected chi connectivity index (χ4v) is 5.19. The van der Waals surface area contributed by atoms with Crippen LogP contribution < -0.4 is 16.4 Å². The van der Waals surface area contributed by atoms with Gasteiger partial charge in [-0.05, 0) is 32.6 Å². The van der Waals surface area contributed by atoms with Gasteiger partial charge >= 0.3 is 6.09 Å². The van der Waals surface area contributed by atoms with Gasteiger partial charge in [-0.2, -0.15) is 0 Å². The number of piperidine rings is 1. The summed E-state index contributed by atoms with van der Waals surface area (Å²) >= 11 is 12.7. The van der Waals surface area contributed by atoms with Gasteiger partial charge in [0.25, 0.3) is 5.91 Å². The van der Waals surface area contributed by atoms with E-state index in [-0.39, 0.29) is 18.9 Å². The SMILES string of the molecule is CCC[C@@H](NC(=O)C1C2C(CN1C(=O)C(NC(=O)OC(C)(C)C)C(C)(C)C)C2(Cl)Cl)C(=O)C(N)=O. The molecule has 1 aliphatic carbocycles. The number of primary amides is 1. The van der Waals surface area contributed by atoms with Crippen molar-refractivity contribution in [2.75, 3.05) is 6.54 Å². The van der Waals surface area contributed by atoms with Crippen LogP contribution in [-0.2, 0) is 23.9 Å². The van der Waals surface area contributed by atoms with Crippen molar-refractivity contribution in [2.45, 2.75) is 89.4 Å². The molecule has 1 saturated heterocycles. The summed E-state index contributed by atoms with van der Waals surface area (Å²) in [4.78, 5) is 64.5. The predicted octanol–water partition coefficient (Wildman–Crippen LogP) is 1.90. The van der Waals surface area contributed by atoms with Gasteiger partial charge in [-0.1, -0.05) is 34.1 Å². The number of likely N-dealkylation sites (tertiary alicyclic amines) is 1. The van der Waals surface area contributed by atoms with Gasteiger partial charge in [0.15, 0.2) is 0 Å². The molecule has 1 saturated carbocycles. The Kier molecular flexibility index (Phi) is 8.44. The summed E-state index contributed by atoms with van der Waals surface area (Å²) in [5.74, 6) is -4.18. The maximum absolute atomic E-state index is 13.7. The number of nitrogens with zero attached hydrogens (tertiary/aromatic N) is 1. The minimum Gasteiger partial charge on any atom is -0.444 e. The summed E-state index contributed by atoms with van der Waals surface area (Å²) in [6, 6.07) is -3.24. The second-order valence-electron chi connectivity index (χ2n) is 11.3. The van der Waals surface area contributed by atoms with Crippen molar-refractivity contribution in [3.63, 3.8) is 0 Å². The number of alkyl halides is 2. The van der Waals surface area contributed by atoms with E-state index < -0.39 is 69.0 Å². The lowest BCUT2D eigenvalue weighted by molar-refractivity contribution is -0.144. The van der Waals surface area contributed by atoms with E-state index in [0.29, 0.717) is 6.42 Å². The number of hydrogen-bond donors (Lipinski definition) is 3. The van der Waals surface area contributed by atoms with Crippen molar-refractivity contribution >= 4 is 52.8 Å². The smallest absolute Gasteiger partial charge is 0.408 e. The number of halogens is 2. The van der Waals surface area contributed by atoms with Crippen molar-refractivity contribution in [1.29, 1.82) is 0 Å². The number of hydrogen-bond acceptors (Lipinski definition) is 6. The van der Waals surface area contributed by atoms with Crippen LogP contribution in [0.2, 0.25) is 0 Å². The molecule has 4 unspecified atom stereocenters. The summed E-state index contributed by atoms with van der Waals surface area (Å²) in [6.45, 7) is 12.3. The number of fused-ring (bicyclic) bond motifs is 1. The molecule has 1 heterocycles. The van der Waals surface area contributed by atoms with Crippen LogP contribution in [-0.4, -0.2) is 69.1 Å². The second-order valence-corrected chi connectivity index (χ2v) is 12.7. The Morgan fingerprint density at radius 3 is 2.11 bits per heavy atom. The molecule has 35 heavy (non-hydrogen) atoms. The quantitative estimate of drug-likeness (QED) is 0.320. The molecule has 4 N–H and O–H groups in total. The molecule has 1 aliphatic heterocycles. The second kappa shape index (κ2) is 10.1. The van der Waals surface area contributed by atoms with Gasteiger partial charge < -0.3 is 26.0 Å². The number of nitrogens with one attached hydrogen (secondary N) is 2. The number of carbonyl (C=O) groups is 5. The zero-order valence-electron chi connectivity index (χ0n) is 21.2. The molecule has 0 aromatic rings. The van der Waals surface area contributed by atoms with E-state index in [4.69, 9.17) is 33.7 Å². The summed E-state index contributed by atoms with van der Waals surface area (Å²) in [7, 11) is 0. The standard InChI is InChI=1S/C23H36Cl2N4O6/c1-8-9-12(15(30)17(26)31)27-18(32)14-13-11(23(13,24)25)10-29(14)19(33)16(21(2,3)4)28-20(34)35-22(5,6)7/h11-14,16H,8-10H2,1-7H3,(H2,26,31)(H,27,32)(H,28,34)/t11?,12-,13?,14?,16?/m1/s1. The van der Waals surface area contributed by atoms with Gasteiger partial charge in [0, 0.05) is 18.4 Å². The van der Waals surface area contributed by atoms with Crippen LogP contribution in [0.15, 0.2) is 0 Å². The zero-order chi connectivity index (χ0) is 27.1. The lowest BCUT2D eigenvalue weighted by Gasteiger charge is -2.37. The Balaban J connectivity index is 2.31. The molecule has 5 atom stereocenters. The Bertz CT molecular complexity index is 895. The lowest BCUT2D eigenvalue weighted by Crippen LogP contribution is -2.60. The van der Waals surface area contributed by atoms with Crippen LogP contribution in [0.25, 0.3) is 0 Å². The fraction of sp³-hybridized carbons (Fsp3) is 0.783. The van der Waals surface area contributed by atoms with Gasteiger partial charge in [0.05, 0.1) is 6.04 Å². The highest BCUT2D eigenvalue weighted by Crippen LogP contribution is 2.65. The minimum absolute atomic E-state index is 0.0966. The van der Waals surface area contributed by atoms with Crippen LogP contribution in [0.5, 0.6) is 0 Å². The van der Waals surface area contributed by atoms with Gasteiger partial charge in [0.2, 0.25) is 17.6 Å². The molecule has 2 aliphatic rings. The molecule has 0 aromatic heterocycles. The van der Waals surface area contributed by atoms with E-state index in [0.717, 1.165) is 0 Å². The van der Waals surface area contributed by atoms with Gasteiger partial charge in [-0.3, -0.25) is 19.2 Å². The van der Waals surface area contributed by atoms with Crippen LogP contribution in [0, 0.1) is 17.3 Å². The molecule has 2 fully saturated rings. The molecule has 2 rings (SSSR count). The zero-order valence-corrected chi connectivity index (χ0v) is 22.7. The van der Waals surface area contributed by atoms with E-state index in [1.807, 2.05) is 0 Å². The molecular formula is C23H36Cl2N4O6. The number of ether oxygens (including phenoxy) is 1. The number of carbonyl (C=O) groups excluding carboxylic acids is 5. The summed E-state index contributed by atoms with van der Waals surface area (Å²) in [5.41, 5.74) is 3.63. The van der Waals surface area contributed by atoms with Crippen LogP contribution in [0.3, 0.4) is 0 Å². The third-order valence-electron chi connectivity index (χ3n) is 6.11. The molecule has 0 aromatic carbocycles. The number of amides is 4. The first-order chi connectivity index (χ1) is 15.8. The van der Waals surface area contributed by atoms with Gasteiger partial charge in [-0.15, -0.1) is 23.2 Å². The highest BCUT2D eigenvalue weighted by atomic mass is 35.5. The number of Topliss-reactive ketones (excluding diaryl/α,β-unsaturated/α-hetero) is 1. The molecule has 198 valence electrons. The first-order valence-electron chi connectivity index (χ1n) is 11.6. The van der Waals surface area contributed by atoms with E-state index in [9.17, 15) is 24.0 Å². The molecular weight excluding hydrogens is 499 g/mol. The topological polar surface area (TPSA) is 148 Å². The van der Waals surface area contributed by atoms with E-state index in [1.165, 1.54) is 4.90 Å². The van der Waals surface area contributed by atoms with E-state index in [1.54, 1.807) is 48.5 Å². The number of alkyl carbamates (subject to hydrolysis) is 1. The van der Waals surface area contributed by atoms with Crippen LogP contribution in [0.4, 0.5) is 4.79 Å². The number of ketones is 1. The molecule has 10 nitrogen and oxygen atoms in total. The molecule has 0 bridgehead atoms. The van der Waals surface area contributed by atoms with Crippen molar-refractivity contribution < 1.29 is 28.7 Å². The van der Waals surface area contributed by atoms with Crippen molar-refractivity contribution in [2.24, 2.45) is 23.0 Å². The molecule has 0 spiro atoms. The average molecular weight is 535 g/mol. The van der Waals surface area contributed by atoms with E-state index in [2.05, 4.69) is 10.6 Å². The predicted molar refractivity (Wildman–Crippen MR) is 131 cm³/mol. The normalized spacial score (nSPS) is 24.6. The van der Waals surface area contributed by atoms with Crippen molar-refractivity contribution in [1.82, 2.24) is 15.5 Å². The van der Waals surface area contributed by atoms with Crippen molar-refractivity contribution in [3.05, 3.63) is 0 Å². The Labute approximate surface area is 215 Å². The van der Waals surface area contributed by atoms with E-state index >= 15 is 0 Å². The van der Waals surface area contributed by atoms with Crippen LogP contribution in [0.1, 0.15) is 61.3 Å². The first kappa shape index (κ1) is 29.2. The third-order valence-corrected chi connectivity index (χ3v) is 7.18. The molecule has 0 radical (unpaired) electrons. The Morgan fingerprint density at radius 2 is 1.66 bits per heavy atom. The lowest BCUT2D eigenvalue weighted by atomic mass is 9.85. The highest BCUT2D eigenvalue weighted by Gasteiger charge is 2.74. The monoisotopic (exact) mass is 534 g/mol. The highest BCUT2D eigenvalue weighted by molar-refractivity contribution is 6.51. The van der Waals surface area contributed by atoms with Gasteiger partial charge in [-0.25, -0.2) is 4.79 Å². The maximum atomic E-state index is 13.7. The average Bonchev–Trinajstić information content (AvgIpc) is 3.03. The minimum atomic E-state index is -1.21. The Hall–Kier alpha value is -2.07. The summed E-state index contributed by atoms with van der Waals surface area (Å²) in [6.07, 6.45) is -0.0697. The first-order valence-corrected chi connectivity index (χ1v) is 12.4. The Morgan fingerprint density at radius 1 is 1.09 bits per heavy atom. The third kappa shape index (κ3) is 6.58. The molecule has 4 amide bonds. The number of nitrogens with two attached hydrogens (primary N) is 1. The fourth-order valence-electron chi connectivity index (χ4n) is 4.36. The summed E-state index contributed by atoms with van der Waals surface area (Å²) in [5, 5.41) is 5.19. The molecule has 12 heteroatoms. The number of rotatable bonds is 8. The summed E-state index contributed by atoms with van der Waals surface area (Å²) < 4.78 is 4.11. The van der Waals surface area contributed by atoms with Crippen molar-refractivity contribution in [3.8, 4) is 0 Å². The van der Waals surface area contributed by atoms with Gasteiger partial charge in [0.1, 0.15) is 22.0 Å². The maximum Gasteiger partial charge on any atom is 0.408 e.